The van der Waals surface area contributed by atoms with Crippen LogP contribution in [-0.2, 0) is 6.18 Å². The molecule has 0 spiro atoms. The molecule has 0 aliphatic heterocycles. The Bertz CT molecular complexity index is 418. The lowest BCUT2D eigenvalue weighted by atomic mass is 10.1. The van der Waals surface area contributed by atoms with Crippen LogP contribution >= 0.6 is 0 Å². The molecule has 0 atom stereocenters. The van der Waals surface area contributed by atoms with Gasteiger partial charge in [0.05, 0.1) is 17.2 Å². The van der Waals surface area contributed by atoms with Crippen LogP contribution in [0.15, 0.2) is 18.5 Å². The Labute approximate surface area is 95.6 Å². The largest absolute Gasteiger partial charge is 0.417 e. The van der Waals surface area contributed by atoms with Gasteiger partial charge in [-0.05, 0) is 19.9 Å². The van der Waals surface area contributed by atoms with Gasteiger partial charge in [-0.25, -0.2) is 5.06 Å². The Balaban J connectivity index is 3.19. The van der Waals surface area contributed by atoms with Gasteiger partial charge < -0.3 is 0 Å². The first-order valence-corrected chi connectivity index (χ1v) is 4.78. The molecule has 0 saturated heterocycles. The molecule has 4 nitrogen and oxygen atoms in total. The summed E-state index contributed by atoms with van der Waals surface area (Å²) in [4.78, 5) is 15.1. The maximum Gasteiger partial charge on any atom is 0.417 e. The zero-order valence-electron chi connectivity index (χ0n) is 9.19. The van der Waals surface area contributed by atoms with Gasteiger partial charge in [0, 0.05) is 12.4 Å². The van der Waals surface area contributed by atoms with E-state index in [2.05, 4.69) is 4.98 Å². The van der Waals surface area contributed by atoms with Gasteiger partial charge in [0.25, 0.3) is 5.91 Å². The first kappa shape index (κ1) is 13.4. The number of halogens is 3. The molecule has 1 N–H and O–H groups in total. The van der Waals surface area contributed by atoms with Gasteiger partial charge in [-0.1, -0.05) is 0 Å². The zero-order valence-corrected chi connectivity index (χ0v) is 9.19. The summed E-state index contributed by atoms with van der Waals surface area (Å²) < 4.78 is 37.8. The van der Waals surface area contributed by atoms with Crippen molar-refractivity contribution in [2.75, 3.05) is 0 Å². The Morgan fingerprint density at radius 2 is 2.06 bits per heavy atom. The minimum absolute atomic E-state index is 0.242. The van der Waals surface area contributed by atoms with E-state index in [1.165, 1.54) is 13.8 Å². The number of carbonyl (C=O) groups excluding carboxylic acids is 1. The smallest absolute Gasteiger partial charge is 0.285 e. The van der Waals surface area contributed by atoms with Crippen molar-refractivity contribution < 1.29 is 23.2 Å². The van der Waals surface area contributed by atoms with Gasteiger partial charge in [0.1, 0.15) is 0 Å². The Kier molecular flexibility index (Phi) is 3.72. The van der Waals surface area contributed by atoms with Crippen molar-refractivity contribution in [3.05, 3.63) is 29.6 Å². The fourth-order valence-electron chi connectivity index (χ4n) is 1.17. The predicted octanol–water partition coefficient (Wildman–Crippen LogP) is 2.34. The summed E-state index contributed by atoms with van der Waals surface area (Å²) in [5.41, 5.74) is -1.78. The number of rotatable bonds is 2. The molecule has 94 valence electrons. The molecule has 0 radical (unpaired) electrons. The summed E-state index contributed by atoms with van der Waals surface area (Å²) in [6, 6.07) is 0.0743. The topological polar surface area (TPSA) is 53.4 Å². The Morgan fingerprint density at radius 1 is 1.47 bits per heavy atom. The molecule has 1 amide bonds. The summed E-state index contributed by atoms with van der Waals surface area (Å²) in [5.74, 6) is -1.12. The molecule has 0 aromatic carbocycles. The van der Waals surface area contributed by atoms with Crippen LogP contribution in [0, 0.1) is 0 Å². The first-order chi connectivity index (χ1) is 7.75. The van der Waals surface area contributed by atoms with Crippen molar-refractivity contribution in [1.29, 1.82) is 0 Å². The number of nitrogens with zero attached hydrogens (tertiary/aromatic N) is 2. The molecular weight excluding hydrogens is 237 g/mol. The van der Waals surface area contributed by atoms with Crippen molar-refractivity contribution in [2.45, 2.75) is 26.1 Å². The quantitative estimate of drug-likeness (QED) is 0.645. The van der Waals surface area contributed by atoms with Crippen LogP contribution in [0.3, 0.4) is 0 Å². The van der Waals surface area contributed by atoms with Crippen LogP contribution in [0.25, 0.3) is 0 Å². The lowest BCUT2D eigenvalue weighted by Crippen LogP contribution is -2.35. The molecule has 0 bridgehead atoms. The van der Waals surface area contributed by atoms with Crippen LogP contribution in [0.2, 0.25) is 0 Å². The normalized spacial score (nSPS) is 11.7. The number of alkyl halides is 3. The fourth-order valence-corrected chi connectivity index (χ4v) is 1.17. The standard InChI is InChI=1S/C10H11F3N2O2/c1-6(2)15(17)9(16)7-5-14-4-3-8(7)10(11,12)13/h3-6,17H,1-2H3. The van der Waals surface area contributed by atoms with E-state index in [9.17, 15) is 23.2 Å². The van der Waals surface area contributed by atoms with Crippen LogP contribution < -0.4 is 0 Å². The van der Waals surface area contributed by atoms with Crippen LogP contribution in [0.1, 0.15) is 29.8 Å². The number of carbonyl (C=O) groups is 1. The highest BCUT2D eigenvalue weighted by Crippen LogP contribution is 2.31. The van der Waals surface area contributed by atoms with Gasteiger partial charge in [0.2, 0.25) is 0 Å². The number of pyridine rings is 1. The lowest BCUT2D eigenvalue weighted by molar-refractivity contribution is -0.138. The predicted molar refractivity (Wildman–Crippen MR) is 52.3 cm³/mol. The van der Waals surface area contributed by atoms with Gasteiger partial charge in [-0.15, -0.1) is 0 Å². The fraction of sp³-hybridized carbons (Fsp3) is 0.400. The summed E-state index contributed by atoms with van der Waals surface area (Å²) >= 11 is 0. The second-order valence-corrected chi connectivity index (χ2v) is 3.66. The molecule has 0 fully saturated rings. The van der Waals surface area contributed by atoms with Crippen LogP contribution in [0.4, 0.5) is 13.2 Å². The molecule has 1 heterocycles. The van der Waals surface area contributed by atoms with Gasteiger partial charge in [-0.2, -0.15) is 13.2 Å². The summed E-state index contributed by atoms with van der Waals surface area (Å²) in [7, 11) is 0. The van der Waals surface area contributed by atoms with Crippen LogP contribution in [-0.4, -0.2) is 27.2 Å². The summed E-state index contributed by atoms with van der Waals surface area (Å²) in [6.45, 7) is 2.95. The molecule has 0 aliphatic rings. The van der Waals surface area contributed by atoms with E-state index < -0.39 is 29.3 Å². The minimum Gasteiger partial charge on any atom is -0.285 e. The summed E-state index contributed by atoms with van der Waals surface area (Å²) in [6.07, 6.45) is -2.93. The maximum atomic E-state index is 12.6. The maximum absolute atomic E-state index is 12.6. The number of hydrogen-bond acceptors (Lipinski definition) is 3. The van der Waals surface area contributed by atoms with Crippen molar-refractivity contribution in [1.82, 2.24) is 10.0 Å². The van der Waals surface area contributed by atoms with Gasteiger partial charge in [0.15, 0.2) is 0 Å². The number of amides is 1. The average molecular weight is 248 g/mol. The Hall–Kier alpha value is -1.63. The second-order valence-electron chi connectivity index (χ2n) is 3.66. The number of hydroxylamine groups is 2. The van der Waals surface area contributed by atoms with Crippen molar-refractivity contribution in [2.24, 2.45) is 0 Å². The molecule has 1 aromatic heterocycles. The van der Waals surface area contributed by atoms with Crippen LogP contribution in [0.5, 0.6) is 0 Å². The van der Waals surface area contributed by atoms with Gasteiger partial charge in [-0.3, -0.25) is 15.0 Å². The first-order valence-electron chi connectivity index (χ1n) is 4.78. The molecule has 0 unspecified atom stereocenters. The van der Waals surface area contributed by atoms with E-state index in [0.717, 1.165) is 12.4 Å². The molecular formula is C10H11F3N2O2. The monoisotopic (exact) mass is 248 g/mol. The third-order valence-electron chi connectivity index (χ3n) is 2.05. The van der Waals surface area contributed by atoms with E-state index in [-0.39, 0.29) is 5.06 Å². The van der Waals surface area contributed by atoms with Crippen molar-refractivity contribution in [3.8, 4) is 0 Å². The summed E-state index contributed by atoms with van der Waals surface area (Å²) in [5, 5.41) is 9.57. The highest BCUT2D eigenvalue weighted by Gasteiger charge is 2.36. The van der Waals surface area contributed by atoms with E-state index in [4.69, 9.17) is 0 Å². The van der Waals surface area contributed by atoms with E-state index in [1.54, 1.807) is 0 Å². The number of hydrogen-bond donors (Lipinski definition) is 1. The average Bonchev–Trinajstić information content (AvgIpc) is 2.25. The van der Waals surface area contributed by atoms with E-state index >= 15 is 0 Å². The molecule has 0 saturated carbocycles. The molecule has 0 aliphatic carbocycles. The van der Waals surface area contributed by atoms with Gasteiger partial charge >= 0.3 is 6.18 Å². The molecule has 1 rings (SSSR count). The molecule has 17 heavy (non-hydrogen) atoms. The zero-order chi connectivity index (χ0) is 13.2. The highest BCUT2D eigenvalue weighted by atomic mass is 19.4. The van der Waals surface area contributed by atoms with E-state index in [0.29, 0.717) is 6.07 Å². The third kappa shape index (κ3) is 2.94. The third-order valence-corrected chi connectivity index (χ3v) is 2.05. The SMILES string of the molecule is CC(C)N(O)C(=O)c1cnccc1C(F)(F)F. The van der Waals surface area contributed by atoms with E-state index in [1.807, 2.05) is 0 Å². The molecule has 1 aromatic rings. The number of aromatic nitrogens is 1. The lowest BCUT2D eigenvalue weighted by Gasteiger charge is -2.20. The Morgan fingerprint density at radius 3 is 2.53 bits per heavy atom. The van der Waals surface area contributed by atoms with Crippen molar-refractivity contribution in [3.63, 3.8) is 0 Å². The second kappa shape index (κ2) is 4.70. The minimum atomic E-state index is -4.66. The van der Waals surface area contributed by atoms with Crippen molar-refractivity contribution >= 4 is 5.91 Å². The molecule has 7 heteroatoms. The highest BCUT2D eigenvalue weighted by molar-refractivity contribution is 5.94.